The van der Waals surface area contributed by atoms with Crippen molar-refractivity contribution in [3.8, 4) is 16.9 Å². The highest BCUT2D eigenvalue weighted by molar-refractivity contribution is 8.26. The van der Waals surface area contributed by atoms with Gasteiger partial charge in [-0.1, -0.05) is 68.2 Å². The van der Waals surface area contributed by atoms with Crippen LogP contribution in [0.2, 0.25) is 0 Å². The Balaban J connectivity index is 1.39. The molecule has 0 N–H and O–H groups in total. The zero-order valence-corrected chi connectivity index (χ0v) is 25.7. The third kappa shape index (κ3) is 5.74. The van der Waals surface area contributed by atoms with Crippen molar-refractivity contribution in [1.29, 1.82) is 0 Å². The lowest BCUT2D eigenvalue weighted by atomic mass is 9.94. The smallest absolute Gasteiger partial charge is 0.266 e. The largest absolute Gasteiger partial charge is 0.467 e. The molecular formula is C31H30N4O4S3. The summed E-state index contributed by atoms with van der Waals surface area (Å²) in [7, 11) is -3.69. The van der Waals surface area contributed by atoms with Crippen LogP contribution in [0.4, 0.5) is 0 Å². The first-order valence-corrected chi connectivity index (χ1v) is 16.4. The van der Waals surface area contributed by atoms with Crippen molar-refractivity contribution in [2.45, 2.75) is 31.7 Å². The maximum atomic E-state index is 13.7. The van der Waals surface area contributed by atoms with Gasteiger partial charge >= 0.3 is 0 Å². The quantitative estimate of drug-likeness (QED) is 0.180. The Morgan fingerprint density at radius 2 is 1.81 bits per heavy atom. The Hall–Kier alpha value is -3.51. The number of hydrogen-bond donors (Lipinski definition) is 0. The summed E-state index contributed by atoms with van der Waals surface area (Å²) in [5, 5.41) is 4.86. The van der Waals surface area contributed by atoms with Gasteiger partial charge in [0.2, 0.25) is 10.0 Å². The van der Waals surface area contributed by atoms with Gasteiger partial charge in [0, 0.05) is 30.4 Å². The number of thiocarbonyl (C=S) groups is 1. The molecule has 4 aromatic rings. The molecule has 216 valence electrons. The molecule has 2 aliphatic heterocycles. The molecule has 1 amide bonds. The van der Waals surface area contributed by atoms with Gasteiger partial charge in [-0.15, -0.1) is 0 Å². The maximum absolute atomic E-state index is 13.7. The molecule has 2 aromatic heterocycles. The van der Waals surface area contributed by atoms with Gasteiger partial charge in [-0.2, -0.15) is 9.40 Å². The second-order valence-electron chi connectivity index (χ2n) is 10.9. The van der Waals surface area contributed by atoms with Crippen molar-refractivity contribution in [2.24, 2.45) is 11.8 Å². The molecule has 6 rings (SSSR count). The second kappa shape index (κ2) is 11.6. The molecule has 0 radical (unpaired) electrons. The van der Waals surface area contributed by atoms with E-state index in [9.17, 15) is 13.2 Å². The average Bonchev–Trinajstić information content (AvgIpc) is 3.71. The van der Waals surface area contributed by atoms with Crippen molar-refractivity contribution >= 4 is 50.3 Å². The molecule has 0 aliphatic carbocycles. The summed E-state index contributed by atoms with van der Waals surface area (Å²) >= 11 is 6.74. The van der Waals surface area contributed by atoms with E-state index in [1.165, 1.54) is 16.7 Å². The molecule has 8 nitrogen and oxygen atoms in total. The van der Waals surface area contributed by atoms with E-state index in [0.29, 0.717) is 56.7 Å². The van der Waals surface area contributed by atoms with Crippen LogP contribution in [0, 0.1) is 11.8 Å². The van der Waals surface area contributed by atoms with Crippen molar-refractivity contribution in [3.63, 3.8) is 0 Å². The number of amides is 1. The number of furan rings is 1. The summed E-state index contributed by atoms with van der Waals surface area (Å²) in [5.74, 6) is 1.02. The van der Waals surface area contributed by atoms with Crippen LogP contribution < -0.4 is 0 Å². The van der Waals surface area contributed by atoms with Crippen LogP contribution in [-0.4, -0.2) is 50.7 Å². The highest BCUT2D eigenvalue weighted by Crippen LogP contribution is 2.36. The zero-order valence-electron chi connectivity index (χ0n) is 23.2. The number of aromatic nitrogens is 2. The average molecular weight is 619 g/mol. The van der Waals surface area contributed by atoms with Gasteiger partial charge in [0.1, 0.15) is 15.8 Å². The van der Waals surface area contributed by atoms with E-state index in [1.54, 1.807) is 51.7 Å². The lowest BCUT2D eigenvalue weighted by Crippen LogP contribution is -2.42. The molecular weight excluding hydrogens is 589 g/mol. The van der Waals surface area contributed by atoms with Gasteiger partial charge < -0.3 is 4.42 Å². The monoisotopic (exact) mass is 618 g/mol. The number of para-hydroxylation sites is 1. The molecule has 0 saturated carbocycles. The third-order valence-electron chi connectivity index (χ3n) is 7.40. The van der Waals surface area contributed by atoms with Crippen LogP contribution >= 0.6 is 24.0 Å². The van der Waals surface area contributed by atoms with Crippen LogP contribution in [0.5, 0.6) is 0 Å². The van der Waals surface area contributed by atoms with Crippen LogP contribution in [-0.2, 0) is 21.4 Å². The summed E-state index contributed by atoms with van der Waals surface area (Å²) in [4.78, 5) is 15.6. The Labute approximate surface area is 255 Å². The van der Waals surface area contributed by atoms with E-state index in [-0.39, 0.29) is 17.3 Å². The van der Waals surface area contributed by atoms with Gasteiger partial charge in [0.25, 0.3) is 5.91 Å². The Morgan fingerprint density at radius 3 is 2.52 bits per heavy atom. The molecule has 2 atom stereocenters. The van der Waals surface area contributed by atoms with E-state index in [4.69, 9.17) is 21.7 Å². The Kier molecular flexibility index (Phi) is 7.93. The SMILES string of the molecule is CC1CC(C)CN(S(=O)(=O)c2cccc(-c3nn(-c4ccccc4)cc3/C=C3\SC(=S)N(Cc4ccco4)C3=O)c2)C1. The molecule has 4 heterocycles. The van der Waals surface area contributed by atoms with E-state index in [0.717, 1.165) is 12.1 Å². The molecule has 42 heavy (non-hydrogen) atoms. The van der Waals surface area contributed by atoms with E-state index >= 15 is 0 Å². The van der Waals surface area contributed by atoms with Gasteiger partial charge in [0.05, 0.1) is 28.3 Å². The van der Waals surface area contributed by atoms with Gasteiger partial charge in [-0.25, -0.2) is 13.1 Å². The molecule has 2 aliphatic rings. The number of hydrogen-bond acceptors (Lipinski definition) is 7. The first-order chi connectivity index (χ1) is 20.2. The van der Waals surface area contributed by atoms with Gasteiger partial charge in [-0.05, 0) is 60.7 Å². The van der Waals surface area contributed by atoms with Crippen molar-refractivity contribution in [2.75, 3.05) is 13.1 Å². The lowest BCUT2D eigenvalue weighted by Gasteiger charge is -2.34. The van der Waals surface area contributed by atoms with E-state index in [2.05, 4.69) is 13.8 Å². The van der Waals surface area contributed by atoms with Crippen molar-refractivity contribution < 1.29 is 17.6 Å². The number of sulfonamides is 1. The number of carbonyl (C=O) groups excluding carboxylic acids is 1. The fourth-order valence-corrected chi connectivity index (χ4v) is 8.49. The van der Waals surface area contributed by atoms with Crippen LogP contribution in [0.3, 0.4) is 0 Å². The summed E-state index contributed by atoms with van der Waals surface area (Å²) in [6.45, 7) is 5.44. The first-order valence-electron chi connectivity index (χ1n) is 13.7. The summed E-state index contributed by atoms with van der Waals surface area (Å²) in [5.41, 5.74) is 2.71. The number of piperidine rings is 1. The number of rotatable bonds is 7. The van der Waals surface area contributed by atoms with Crippen molar-refractivity contribution in [3.05, 3.63) is 95.4 Å². The minimum atomic E-state index is -3.69. The van der Waals surface area contributed by atoms with E-state index < -0.39 is 10.0 Å². The highest BCUT2D eigenvalue weighted by atomic mass is 32.2. The molecule has 2 aromatic carbocycles. The fraction of sp³-hybridized carbons (Fsp3) is 0.258. The zero-order chi connectivity index (χ0) is 29.4. The maximum Gasteiger partial charge on any atom is 0.266 e. The number of nitrogens with zero attached hydrogens (tertiary/aromatic N) is 4. The number of benzene rings is 2. The van der Waals surface area contributed by atoms with Crippen LogP contribution in [0.15, 0.2) is 93.4 Å². The minimum Gasteiger partial charge on any atom is -0.467 e. The Morgan fingerprint density at radius 1 is 1.05 bits per heavy atom. The lowest BCUT2D eigenvalue weighted by molar-refractivity contribution is -0.122. The molecule has 0 spiro atoms. The summed E-state index contributed by atoms with van der Waals surface area (Å²) < 4.78 is 36.6. The standard InChI is InChI=1S/C31H30N4O4S3/c1-21-14-22(2)18-33(17-21)42(37,38)27-12-6-8-23(15-27)29-24(19-35(32-29)25-9-4-3-5-10-25)16-28-30(36)34(31(40)41-28)20-26-11-7-13-39-26/h3-13,15-16,19,21-22H,14,17-18,20H2,1-2H3/b28-16-. The Bertz CT molecular complexity index is 1750. The third-order valence-corrected chi connectivity index (χ3v) is 10.6. The van der Waals surface area contributed by atoms with Crippen molar-refractivity contribution in [1.82, 2.24) is 19.0 Å². The summed E-state index contributed by atoms with van der Waals surface area (Å²) in [6, 6.07) is 20.1. The molecule has 2 fully saturated rings. The minimum absolute atomic E-state index is 0.218. The highest BCUT2D eigenvalue weighted by Gasteiger charge is 2.34. The van der Waals surface area contributed by atoms with Crippen LogP contribution in [0.25, 0.3) is 23.0 Å². The summed E-state index contributed by atoms with van der Waals surface area (Å²) in [6.07, 6.45) is 6.20. The molecule has 2 unspecified atom stereocenters. The van der Waals surface area contributed by atoms with Gasteiger partial charge in [0.15, 0.2) is 0 Å². The van der Waals surface area contributed by atoms with Gasteiger partial charge in [-0.3, -0.25) is 9.69 Å². The fourth-order valence-electron chi connectivity index (χ4n) is 5.52. The topological polar surface area (TPSA) is 88.7 Å². The molecule has 0 bridgehead atoms. The predicted octanol–water partition coefficient (Wildman–Crippen LogP) is 6.20. The number of thioether (sulfide) groups is 1. The predicted molar refractivity (Wildman–Crippen MR) is 168 cm³/mol. The normalized spacial score (nSPS) is 21.0. The number of carbonyl (C=O) groups is 1. The van der Waals surface area contributed by atoms with E-state index in [1.807, 2.05) is 42.6 Å². The second-order valence-corrected chi connectivity index (χ2v) is 14.5. The molecule has 2 saturated heterocycles. The molecule has 11 heteroatoms. The van der Waals surface area contributed by atoms with Crippen LogP contribution in [0.1, 0.15) is 31.6 Å². The first kappa shape index (κ1) is 28.6.